The van der Waals surface area contributed by atoms with Gasteiger partial charge in [0.15, 0.2) is 0 Å². The molecule has 1 aliphatic rings. The van der Waals surface area contributed by atoms with Crippen LogP contribution in [0.2, 0.25) is 0 Å². The van der Waals surface area contributed by atoms with Crippen LogP contribution in [0.25, 0.3) is 5.69 Å². The van der Waals surface area contributed by atoms with Gasteiger partial charge in [-0.15, -0.1) is 0 Å². The summed E-state index contributed by atoms with van der Waals surface area (Å²) in [5, 5.41) is 4.36. The minimum atomic E-state index is 0.207. The average Bonchev–Trinajstić information content (AvgIpc) is 3.07. The van der Waals surface area contributed by atoms with Gasteiger partial charge in [-0.25, -0.2) is 4.68 Å². The zero-order valence-corrected chi connectivity index (χ0v) is 10.9. The lowest BCUT2D eigenvalue weighted by Crippen LogP contribution is -2.31. The summed E-state index contributed by atoms with van der Waals surface area (Å²) in [5.41, 5.74) is 9.98. The maximum absolute atomic E-state index is 6.14. The van der Waals surface area contributed by atoms with Gasteiger partial charge in [0.1, 0.15) is 0 Å². The molecule has 0 amide bonds. The van der Waals surface area contributed by atoms with Crippen molar-refractivity contribution in [3.8, 4) is 5.69 Å². The van der Waals surface area contributed by atoms with E-state index >= 15 is 0 Å². The minimum Gasteiger partial charge on any atom is -0.327 e. The van der Waals surface area contributed by atoms with E-state index < -0.39 is 0 Å². The molecule has 2 aromatic rings. The Morgan fingerprint density at radius 2 is 2.17 bits per heavy atom. The summed E-state index contributed by atoms with van der Waals surface area (Å²) in [5.74, 6) is 0. The van der Waals surface area contributed by atoms with Crippen molar-refractivity contribution in [3.05, 3.63) is 47.8 Å². The molecule has 1 unspecified atom stereocenters. The third-order valence-corrected chi connectivity index (χ3v) is 4.06. The Morgan fingerprint density at radius 3 is 2.72 bits per heavy atom. The Kier molecular flexibility index (Phi) is 2.52. The summed E-state index contributed by atoms with van der Waals surface area (Å²) in [6, 6.07) is 8.82. The molecule has 94 valence electrons. The van der Waals surface area contributed by atoms with Gasteiger partial charge in [-0.2, -0.15) is 5.10 Å². The smallest absolute Gasteiger partial charge is 0.0648 e. The molecule has 3 heteroatoms. The van der Waals surface area contributed by atoms with Crippen molar-refractivity contribution in [3.63, 3.8) is 0 Å². The number of aryl methyl sites for hydroxylation is 1. The molecule has 1 aromatic heterocycles. The summed E-state index contributed by atoms with van der Waals surface area (Å²) in [4.78, 5) is 0. The molecule has 1 saturated carbocycles. The van der Waals surface area contributed by atoms with E-state index in [-0.39, 0.29) is 11.5 Å². The summed E-state index contributed by atoms with van der Waals surface area (Å²) < 4.78 is 1.93. The van der Waals surface area contributed by atoms with E-state index in [1.54, 1.807) is 0 Å². The van der Waals surface area contributed by atoms with E-state index in [9.17, 15) is 0 Å². The van der Waals surface area contributed by atoms with E-state index in [0.29, 0.717) is 0 Å². The fraction of sp³-hybridized carbons (Fsp3) is 0.400. The normalized spacial score (nSPS) is 18.6. The number of hydrogen-bond acceptors (Lipinski definition) is 2. The lowest BCUT2D eigenvalue weighted by atomic mass is 9.89. The summed E-state index contributed by atoms with van der Waals surface area (Å²) in [6.45, 7) is 4.16. The first-order chi connectivity index (χ1) is 8.62. The zero-order chi connectivity index (χ0) is 12.8. The fourth-order valence-corrected chi connectivity index (χ4v) is 2.65. The first-order valence-electron chi connectivity index (χ1n) is 6.50. The Morgan fingerprint density at radius 1 is 1.39 bits per heavy atom. The Labute approximate surface area is 108 Å². The molecule has 0 spiro atoms. The molecular weight excluding hydrogens is 222 g/mol. The van der Waals surface area contributed by atoms with E-state index in [4.69, 9.17) is 5.73 Å². The third kappa shape index (κ3) is 1.75. The first kappa shape index (κ1) is 11.5. The van der Waals surface area contributed by atoms with E-state index in [0.717, 1.165) is 5.69 Å². The average molecular weight is 241 g/mol. The number of nitrogens with zero attached hydrogens (tertiary/aromatic N) is 2. The summed E-state index contributed by atoms with van der Waals surface area (Å²) in [7, 11) is 0. The lowest BCUT2D eigenvalue weighted by Gasteiger charge is -2.20. The van der Waals surface area contributed by atoms with E-state index in [1.165, 1.54) is 24.0 Å². The number of nitrogens with two attached hydrogens (primary N) is 1. The highest BCUT2D eigenvalue weighted by Crippen LogP contribution is 2.50. The molecular formula is C15H19N3. The standard InChI is InChI=1S/C15H19N3/c1-11-9-17-18(10-11)14-5-3-4-13(8-14)15(6-7-15)12(2)16/h3-5,8-10,12H,6-7,16H2,1-2H3. The third-order valence-electron chi connectivity index (χ3n) is 4.06. The highest BCUT2D eigenvalue weighted by Gasteiger charge is 2.47. The van der Waals surface area contributed by atoms with Crippen molar-refractivity contribution in [2.24, 2.45) is 5.73 Å². The number of aromatic nitrogens is 2. The molecule has 1 heterocycles. The molecule has 1 aromatic carbocycles. The summed E-state index contributed by atoms with van der Waals surface area (Å²) in [6.07, 6.45) is 6.33. The lowest BCUT2D eigenvalue weighted by molar-refractivity contribution is 0.556. The molecule has 2 N–H and O–H groups in total. The van der Waals surface area contributed by atoms with Crippen LogP contribution in [-0.2, 0) is 5.41 Å². The maximum atomic E-state index is 6.14. The Hall–Kier alpha value is -1.61. The molecule has 18 heavy (non-hydrogen) atoms. The van der Waals surface area contributed by atoms with Crippen LogP contribution in [0.1, 0.15) is 30.9 Å². The van der Waals surface area contributed by atoms with Gasteiger partial charge in [-0.05, 0) is 49.9 Å². The maximum Gasteiger partial charge on any atom is 0.0648 e. The monoisotopic (exact) mass is 241 g/mol. The molecule has 0 bridgehead atoms. The number of benzene rings is 1. The van der Waals surface area contributed by atoms with Crippen molar-refractivity contribution in [2.45, 2.75) is 38.1 Å². The van der Waals surface area contributed by atoms with Gasteiger partial charge in [-0.3, -0.25) is 0 Å². The Bertz CT molecular complexity index is 565. The van der Waals surface area contributed by atoms with Crippen molar-refractivity contribution < 1.29 is 0 Å². The number of hydrogen-bond donors (Lipinski definition) is 1. The van der Waals surface area contributed by atoms with Crippen LogP contribution in [-0.4, -0.2) is 15.8 Å². The molecule has 1 fully saturated rings. The molecule has 0 saturated heterocycles. The van der Waals surface area contributed by atoms with Crippen molar-refractivity contribution in [2.75, 3.05) is 0 Å². The predicted octanol–water partition coefficient (Wildman–Crippen LogP) is 2.56. The van der Waals surface area contributed by atoms with Gasteiger partial charge in [0.2, 0.25) is 0 Å². The first-order valence-corrected chi connectivity index (χ1v) is 6.50. The molecule has 3 nitrogen and oxygen atoms in total. The van der Waals surface area contributed by atoms with E-state index in [2.05, 4.69) is 43.2 Å². The van der Waals surface area contributed by atoms with Crippen molar-refractivity contribution in [1.29, 1.82) is 0 Å². The topological polar surface area (TPSA) is 43.8 Å². The van der Waals surface area contributed by atoms with Gasteiger partial charge < -0.3 is 5.73 Å². The predicted molar refractivity (Wildman–Crippen MR) is 72.9 cm³/mol. The summed E-state index contributed by atoms with van der Waals surface area (Å²) >= 11 is 0. The highest BCUT2D eigenvalue weighted by atomic mass is 15.3. The van der Waals surface area contributed by atoms with Gasteiger partial charge in [0, 0.05) is 17.7 Å². The van der Waals surface area contributed by atoms with Crippen LogP contribution in [0.15, 0.2) is 36.7 Å². The van der Waals surface area contributed by atoms with Crippen LogP contribution >= 0.6 is 0 Å². The van der Waals surface area contributed by atoms with E-state index in [1.807, 2.05) is 17.1 Å². The van der Waals surface area contributed by atoms with Gasteiger partial charge in [0.25, 0.3) is 0 Å². The van der Waals surface area contributed by atoms with Crippen LogP contribution in [0.5, 0.6) is 0 Å². The molecule has 3 rings (SSSR count). The SMILES string of the molecule is Cc1cnn(-c2cccc(C3(C(C)N)CC3)c2)c1. The molecule has 0 aliphatic heterocycles. The molecule has 1 aliphatic carbocycles. The van der Waals surface area contributed by atoms with Crippen molar-refractivity contribution in [1.82, 2.24) is 9.78 Å². The zero-order valence-electron chi connectivity index (χ0n) is 10.9. The minimum absolute atomic E-state index is 0.207. The van der Waals surface area contributed by atoms with Crippen molar-refractivity contribution >= 4 is 0 Å². The van der Waals surface area contributed by atoms with Crippen LogP contribution in [0, 0.1) is 6.92 Å². The van der Waals surface area contributed by atoms with Gasteiger partial charge >= 0.3 is 0 Å². The van der Waals surface area contributed by atoms with Gasteiger partial charge in [-0.1, -0.05) is 12.1 Å². The van der Waals surface area contributed by atoms with Crippen LogP contribution < -0.4 is 5.73 Å². The Balaban J connectivity index is 2.00. The number of rotatable bonds is 3. The van der Waals surface area contributed by atoms with Gasteiger partial charge in [0.05, 0.1) is 11.9 Å². The second kappa shape index (κ2) is 3.95. The second-order valence-corrected chi connectivity index (χ2v) is 5.46. The highest BCUT2D eigenvalue weighted by molar-refractivity contribution is 5.42. The second-order valence-electron chi connectivity index (χ2n) is 5.46. The fourth-order valence-electron chi connectivity index (χ4n) is 2.65. The quantitative estimate of drug-likeness (QED) is 0.897. The molecule has 1 atom stereocenters. The van der Waals surface area contributed by atoms with Crippen LogP contribution in [0.4, 0.5) is 0 Å². The molecule has 0 radical (unpaired) electrons. The largest absolute Gasteiger partial charge is 0.327 e. The van der Waals surface area contributed by atoms with Crippen LogP contribution in [0.3, 0.4) is 0 Å².